The number of rotatable bonds is 6. The maximum Gasteiger partial charge on any atom is 0.271 e. The van der Waals surface area contributed by atoms with Gasteiger partial charge in [-0.15, -0.1) is 0 Å². The maximum atomic E-state index is 13.1. The Labute approximate surface area is 181 Å². The van der Waals surface area contributed by atoms with Crippen LogP contribution in [0.2, 0.25) is 0 Å². The molecule has 2 N–H and O–H groups in total. The zero-order valence-electron chi connectivity index (χ0n) is 18.3. The van der Waals surface area contributed by atoms with Crippen molar-refractivity contribution in [3.05, 3.63) is 48.0 Å². The molecule has 1 aliphatic heterocycles. The van der Waals surface area contributed by atoms with E-state index in [1.807, 2.05) is 13.8 Å². The van der Waals surface area contributed by atoms with Crippen molar-refractivity contribution in [1.82, 2.24) is 5.32 Å². The lowest BCUT2D eigenvalue weighted by atomic mass is 10.0. The number of carbonyl (C=O) groups excluding carboxylic acids is 3. The summed E-state index contributed by atoms with van der Waals surface area (Å²) in [5.41, 5.74) is 0.0919. The lowest BCUT2D eigenvalue weighted by molar-refractivity contribution is -0.133. The first-order chi connectivity index (χ1) is 14.6. The number of hydrogen-bond acceptors (Lipinski definition) is 5. The van der Waals surface area contributed by atoms with Gasteiger partial charge in [-0.05, 0) is 58.0 Å². The van der Waals surface area contributed by atoms with Crippen LogP contribution >= 0.6 is 0 Å². The highest BCUT2D eigenvalue weighted by molar-refractivity contribution is 6.09. The molecule has 0 bridgehead atoms. The number of amides is 3. The fourth-order valence-corrected chi connectivity index (χ4v) is 3.29. The number of hydrogen-bond donors (Lipinski definition) is 2. The van der Waals surface area contributed by atoms with Gasteiger partial charge >= 0.3 is 0 Å². The van der Waals surface area contributed by atoms with Crippen molar-refractivity contribution in [1.29, 1.82) is 0 Å². The minimum absolute atomic E-state index is 0.0388. The third-order valence-corrected chi connectivity index (χ3v) is 4.74. The van der Waals surface area contributed by atoms with Crippen LogP contribution in [0.4, 0.5) is 11.4 Å². The molecule has 164 valence electrons. The van der Waals surface area contributed by atoms with E-state index in [9.17, 15) is 14.4 Å². The number of benzene rings is 2. The summed E-state index contributed by atoms with van der Waals surface area (Å²) in [5, 5.41) is 5.59. The molecule has 0 saturated carbocycles. The van der Waals surface area contributed by atoms with Gasteiger partial charge in [-0.25, -0.2) is 0 Å². The third-order valence-electron chi connectivity index (χ3n) is 4.74. The van der Waals surface area contributed by atoms with Gasteiger partial charge in [0, 0.05) is 11.6 Å². The first kappa shape index (κ1) is 22.1. The molecule has 3 rings (SSSR count). The Kier molecular flexibility index (Phi) is 6.19. The van der Waals surface area contributed by atoms with E-state index in [-0.39, 0.29) is 24.4 Å². The predicted octanol–water partition coefficient (Wildman–Crippen LogP) is 2.98. The monoisotopic (exact) mass is 425 g/mol. The van der Waals surface area contributed by atoms with Crippen molar-refractivity contribution in [2.75, 3.05) is 23.9 Å². The van der Waals surface area contributed by atoms with Crippen LogP contribution in [-0.4, -0.2) is 43.0 Å². The Morgan fingerprint density at radius 2 is 1.87 bits per heavy atom. The van der Waals surface area contributed by atoms with Crippen molar-refractivity contribution < 1.29 is 23.9 Å². The molecule has 8 nitrogen and oxygen atoms in total. The number of anilines is 2. The zero-order chi connectivity index (χ0) is 22.8. The minimum Gasteiger partial charge on any atom is -0.495 e. The standard InChI is InChI=1S/C23H27N3O5/c1-14(2)24-21(28)15-10-11-19-17(12-15)26(22(29)23(3,4)31-19)13-20(27)25-16-8-6-7-9-18(16)30-5/h6-12,14H,13H2,1-5H3,(H,24,28)(H,25,27). The summed E-state index contributed by atoms with van der Waals surface area (Å²) in [7, 11) is 1.51. The highest BCUT2D eigenvalue weighted by Gasteiger charge is 2.42. The highest BCUT2D eigenvalue weighted by Crippen LogP contribution is 2.38. The fraction of sp³-hybridized carbons (Fsp3) is 0.348. The summed E-state index contributed by atoms with van der Waals surface area (Å²) in [4.78, 5) is 39.7. The SMILES string of the molecule is COc1ccccc1NC(=O)CN1C(=O)C(C)(C)Oc2ccc(C(=O)NC(C)C)cc21. The number of carbonyl (C=O) groups is 3. The Bertz CT molecular complexity index is 1020. The second-order valence-electron chi connectivity index (χ2n) is 8.06. The molecule has 1 heterocycles. The van der Waals surface area contributed by atoms with E-state index in [0.29, 0.717) is 28.4 Å². The van der Waals surface area contributed by atoms with E-state index < -0.39 is 11.5 Å². The molecular formula is C23H27N3O5. The van der Waals surface area contributed by atoms with Crippen molar-refractivity contribution >= 4 is 29.1 Å². The van der Waals surface area contributed by atoms with Crippen molar-refractivity contribution in [3.63, 3.8) is 0 Å². The molecule has 0 aliphatic carbocycles. The number of methoxy groups -OCH3 is 1. The van der Waals surface area contributed by atoms with Crippen LogP contribution in [0.1, 0.15) is 38.1 Å². The summed E-state index contributed by atoms with van der Waals surface area (Å²) in [5.74, 6) is -0.114. The molecule has 0 fully saturated rings. The molecule has 1 aliphatic rings. The Hall–Kier alpha value is -3.55. The van der Waals surface area contributed by atoms with E-state index in [1.165, 1.54) is 12.0 Å². The lowest BCUT2D eigenvalue weighted by Gasteiger charge is -2.38. The average Bonchev–Trinajstić information content (AvgIpc) is 2.70. The summed E-state index contributed by atoms with van der Waals surface area (Å²) >= 11 is 0. The van der Waals surface area contributed by atoms with Gasteiger partial charge < -0.3 is 20.1 Å². The van der Waals surface area contributed by atoms with Gasteiger partial charge in [-0.1, -0.05) is 12.1 Å². The van der Waals surface area contributed by atoms with E-state index >= 15 is 0 Å². The molecule has 8 heteroatoms. The molecule has 0 unspecified atom stereocenters. The number of nitrogens with one attached hydrogen (secondary N) is 2. The first-order valence-corrected chi connectivity index (χ1v) is 10.0. The summed E-state index contributed by atoms with van der Waals surface area (Å²) in [6.07, 6.45) is 0. The molecule has 2 aromatic rings. The summed E-state index contributed by atoms with van der Waals surface area (Å²) < 4.78 is 11.1. The van der Waals surface area contributed by atoms with Crippen LogP contribution in [0.3, 0.4) is 0 Å². The molecule has 0 aromatic heterocycles. The normalized spacial score (nSPS) is 14.5. The van der Waals surface area contributed by atoms with Gasteiger partial charge in [0.15, 0.2) is 5.60 Å². The maximum absolute atomic E-state index is 13.1. The summed E-state index contributed by atoms with van der Waals surface area (Å²) in [6.45, 7) is 6.76. The molecule has 0 atom stereocenters. The second-order valence-corrected chi connectivity index (χ2v) is 8.06. The Morgan fingerprint density at radius 1 is 1.16 bits per heavy atom. The van der Waals surface area contributed by atoms with Gasteiger partial charge in [0.1, 0.15) is 18.0 Å². The average molecular weight is 425 g/mol. The van der Waals surface area contributed by atoms with Crippen molar-refractivity contribution in [3.8, 4) is 11.5 Å². The molecule has 0 radical (unpaired) electrons. The van der Waals surface area contributed by atoms with Crippen LogP contribution in [-0.2, 0) is 9.59 Å². The predicted molar refractivity (Wildman–Crippen MR) is 118 cm³/mol. The number of nitrogens with zero attached hydrogens (tertiary/aromatic N) is 1. The van der Waals surface area contributed by atoms with Gasteiger partial charge in [0.2, 0.25) is 5.91 Å². The van der Waals surface area contributed by atoms with Gasteiger partial charge in [0.25, 0.3) is 11.8 Å². The molecule has 2 aromatic carbocycles. The third kappa shape index (κ3) is 4.79. The van der Waals surface area contributed by atoms with Gasteiger partial charge in [-0.3, -0.25) is 19.3 Å². The zero-order valence-corrected chi connectivity index (χ0v) is 18.3. The van der Waals surface area contributed by atoms with Crippen LogP contribution < -0.4 is 25.0 Å². The number of ether oxygens (including phenoxy) is 2. The lowest BCUT2D eigenvalue weighted by Crippen LogP contribution is -2.54. The molecule has 31 heavy (non-hydrogen) atoms. The van der Waals surface area contributed by atoms with Gasteiger partial charge in [-0.2, -0.15) is 0 Å². The Balaban J connectivity index is 1.91. The van der Waals surface area contributed by atoms with Crippen LogP contribution in [0.15, 0.2) is 42.5 Å². The van der Waals surface area contributed by atoms with Crippen molar-refractivity contribution in [2.24, 2.45) is 0 Å². The fourth-order valence-electron chi connectivity index (χ4n) is 3.29. The molecule has 0 saturated heterocycles. The molecular weight excluding hydrogens is 398 g/mol. The van der Waals surface area contributed by atoms with E-state index in [0.717, 1.165) is 0 Å². The van der Waals surface area contributed by atoms with Crippen LogP contribution in [0.25, 0.3) is 0 Å². The minimum atomic E-state index is -1.15. The number of fused-ring (bicyclic) bond motifs is 1. The van der Waals surface area contributed by atoms with Crippen LogP contribution in [0.5, 0.6) is 11.5 Å². The second kappa shape index (κ2) is 8.67. The largest absolute Gasteiger partial charge is 0.495 e. The topological polar surface area (TPSA) is 97.0 Å². The Morgan fingerprint density at radius 3 is 2.55 bits per heavy atom. The van der Waals surface area contributed by atoms with Crippen molar-refractivity contribution in [2.45, 2.75) is 39.3 Å². The van der Waals surface area contributed by atoms with Crippen LogP contribution in [0, 0.1) is 0 Å². The number of para-hydroxylation sites is 2. The molecule has 3 amide bonds. The first-order valence-electron chi connectivity index (χ1n) is 10.0. The molecule has 0 spiro atoms. The highest BCUT2D eigenvalue weighted by atomic mass is 16.5. The van der Waals surface area contributed by atoms with E-state index in [1.54, 1.807) is 56.3 Å². The van der Waals surface area contributed by atoms with Gasteiger partial charge in [0.05, 0.1) is 18.5 Å². The summed E-state index contributed by atoms with van der Waals surface area (Å²) in [6, 6.07) is 11.8. The van der Waals surface area contributed by atoms with E-state index in [4.69, 9.17) is 9.47 Å². The smallest absolute Gasteiger partial charge is 0.271 e. The quantitative estimate of drug-likeness (QED) is 0.742. The van der Waals surface area contributed by atoms with E-state index in [2.05, 4.69) is 10.6 Å².